The summed E-state index contributed by atoms with van der Waals surface area (Å²) in [6, 6.07) is 6.91. The number of rotatable bonds is 3. The molecule has 0 spiro atoms. The first-order valence-electron chi connectivity index (χ1n) is 4.89. The highest BCUT2D eigenvalue weighted by Gasteiger charge is 2.46. The number of aromatic hydroxyl groups is 1. The molecule has 1 aliphatic rings. The van der Waals surface area contributed by atoms with Crippen molar-refractivity contribution in [3.8, 4) is 5.75 Å². The summed E-state index contributed by atoms with van der Waals surface area (Å²) in [4.78, 5) is 0. The van der Waals surface area contributed by atoms with Gasteiger partial charge in [-0.3, -0.25) is 0 Å². The van der Waals surface area contributed by atoms with Gasteiger partial charge >= 0.3 is 0 Å². The van der Waals surface area contributed by atoms with E-state index in [4.69, 9.17) is 0 Å². The Morgan fingerprint density at radius 1 is 1.40 bits per heavy atom. The minimum Gasteiger partial charge on any atom is -0.508 e. The van der Waals surface area contributed by atoms with Crippen LogP contribution in [-0.2, 0) is 15.3 Å². The zero-order chi connectivity index (χ0) is 11.1. The minimum atomic E-state index is -2.96. The highest BCUT2D eigenvalue weighted by molar-refractivity contribution is 7.90. The van der Waals surface area contributed by atoms with Gasteiger partial charge in [0.05, 0.1) is 5.75 Å². The molecule has 0 amide bonds. The molecule has 0 bridgehead atoms. The third-order valence-corrected chi connectivity index (χ3v) is 3.93. The summed E-state index contributed by atoms with van der Waals surface area (Å²) in [5.41, 5.74) is 0.708. The summed E-state index contributed by atoms with van der Waals surface area (Å²) in [6.07, 6.45) is 3.04. The van der Waals surface area contributed by atoms with E-state index in [1.165, 1.54) is 6.26 Å². The summed E-state index contributed by atoms with van der Waals surface area (Å²) in [5, 5.41) is 9.35. The van der Waals surface area contributed by atoms with E-state index >= 15 is 0 Å². The molecule has 0 saturated heterocycles. The second-order valence-corrected chi connectivity index (χ2v) is 6.54. The van der Waals surface area contributed by atoms with Crippen molar-refractivity contribution in [2.75, 3.05) is 12.0 Å². The molecule has 0 radical (unpaired) electrons. The Balaban J connectivity index is 2.31. The maximum atomic E-state index is 11.3. The molecule has 1 aromatic carbocycles. The van der Waals surface area contributed by atoms with Crippen LogP contribution in [0.1, 0.15) is 18.4 Å². The SMILES string of the molecule is CS(=O)(=O)CC1(c2cccc(O)c2)CC1. The predicted octanol–water partition coefficient (Wildman–Crippen LogP) is 1.47. The van der Waals surface area contributed by atoms with Gasteiger partial charge in [-0.05, 0) is 30.5 Å². The molecule has 1 fully saturated rings. The van der Waals surface area contributed by atoms with E-state index in [2.05, 4.69) is 0 Å². The average molecular weight is 226 g/mol. The first-order chi connectivity index (χ1) is 6.91. The molecule has 4 heteroatoms. The summed E-state index contributed by atoms with van der Waals surface area (Å²) in [7, 11) is -2.96. The lowest BCUT2D eigenvalue weighted by Gasteiger charge is -2.14. The standard InChI is InChI=1S/C11H14O3S/c1-15(13,14)8-11(5-6-11)9-3-2-4-10(12)7-9/h2-4,7,12H,5-6,8H2,1H3. The van der Waals surface area contributed by atoms with Crippen molar-refractivity contribution in [2.24, 2.45) is 0 Å². The average Bonchev–Trinajstić information content (AvgIpc) is 2.83. The highest BCUT2D eigenvalue weighted by atomic mass is 32.2. The summed E-state index contributed by atoms with van der Waals surface area (Å²) >= 11 is 0. The Morgan fingerprint density at radius 3 is 2.53 bits per heavy atom. The maximum Gasteiger partial charge on any atom is 0.148 e. The maximum absolute atomic E-state index is 11.3. The normalized spacial score (nSPS) is 18.7. The molecule has 0 aliphatic heterocycles. The fourth-order valence-corrected chi connectivity index (χ4v) is 3.46. The molecule has 0 heterocycles. The molecule has 1 aliphatic carbocycles. The van der Waals surface area contributed by atoms with Crippen LogP contribution in [0.4, 0.5) is 0 Å². The molecule has 1 aromatic rings. The number of phenolic OH excluding ortho intramolecular Hbond substituents is 1. The van der Waals surface area contributed by atoms with E-state index < -0.39 is 9.84 Å². The van der Waals surface area contributed by atoms with Crippen LogP contribution in [-0.4, -0.2) is 25.5 Å². The van der Waals surface area contributed by atoms with Crippen LogP contribution in [0.2, 0.25) is 0 Å². The number of hydrogen-bond donors (Lipinski definition) is 1. The van der Waals surface area contributed by atoms with Gasteiger partial charge in [0.2, 0.25) is 0 Å². The molecule has 15 heavy (non-hydrogen) atoms. The Kier molecular flexibility index (Phi) is 2.26. The van der Waals surface area contributed by atoms with E-state index in [1.54, 1.807) is 18.2 Å². The van der Waals surface area contributed by atoms with E-state index in [-0.39, 0.29) is 16.9 Å². The second-order valence-electron chi connectivity index (χ2n) is 4.40. The fourth-order valence-electron chi connectivity index (χ4n) is 2.00. The third kappa shape index (κ3) is 2.31. The zero-order valence-corrected chi connectivity index (χ0v) is 9.42. The molecule has 0 atom stereocenters. The van der Waals surface area contributed by atoms with Crippen LogP contribution < -0.4 is 0 Å². The lowest BCUT2D eigenvalue weighted by atomic mass is 9.98. The van der Waals surface area contributed by atoms with Crippen LogP contribution in [0, 0.1) is 0 Å². The molecule has 3 nitrogen and oxygen atoms in total. The topological polar surface area (TPSA) is 54.4 Å². The third-order valence-electron chi connectivity index (χ3n) is 2.85. The molecule has 0 aromatic heterocycles. The van der Waals surface area contributed by atoms with Crippen molar-refractivity contribution in [2.45, 2.75) is 18.3 Å². The van der Waals surface area contributed by atoms with Crippen LogP contribution >= 0.6 is 0 Å². The van der Waals surface area contributed by atoms with Crippen molar-refractivity contribution >= 4 is 9.84 Å². The number of phenols is 1. The van der Waals surface area contributed by atoms with Gasteiger partial charge in [-0.15, -0.1) is 0 Å². The van der Waals surface area contributed by atoms with Gasteiger partial charge in [-0.1, -0.05) is 12.1 Å². The first-order valence-corrected chi connectivity index (χ1v) is 6.95. The van der Waals surface area contributed by atoms with Crippen LogP contribution in [0.5, 0.6) is 5.75 Å². The predicted molar refractivity (Wildman–Crippen MR) is 58.7 cm³/mol. The van der Waals surface area contributed by atoms with Gasteiger partial charge in [0.1, 0.15) is 15.6 Å². The highest BCUT2D eigenvalue weighted by Crippen LogP contribution is 2.49. The fraction of sp³-hybridized carbons (Fsp3) is 0.455. The van der Waals surface area contributed by atoms with Gasteiger partial charge in [0.15, 0.2) is 0 Å². The summed E-state index contributed by atoms with van der Waals surface area (Å²) in [5.74, 6) is 0.385. The molecular formula is C11H14O3S. The molecule has 1 saturated carbocycles. The minimum absolute atomic E-state index is 0.184. The van der Waals surface area contributed by atoms with Gasteiger partial charge in [-0.25, -0.2) is 8.42 Å². The van der Waals surface area contributed by atoms with Crippen LogP contribution in [0.15, 0.2) is 24.3 Å². The van der Waals surface area contributed by atoms with E-state index in [0.717, 1.165) is 18.4 Å². The largest absolute Gasteiger partial charge is 0.508 e. The Morgan fingerprint density at radius 2 is 2.07 bits per heavy atom. The number of hydrogen-bond acceptors (Lipinski definition) is 3. The van der Waals surface area contributed by atoms with Gasteiger partial charge in [-0.2, -0.15) is 0 Å². The smallest absolute Gasteiger partial charge is 0.148 e. The lowest BCUT2D eigenvalue weighted by molar-refractivity contribution is 0.473. The van der Waals surface area contributed by atoms with Crippen molar-refractivity contribution in [1.29, 1.82) is 0 Å². The van der Waals surface area contributed by atoms with Crippen molar-refractivity contribution in [3.05, 3.63) is 29.8 Å². The molecule has 0 unspecified atom stereocenters. The van der Waals surface area contributed by atoms with Gasteiger partial charge in [0, 0.05) is 11.7 Å². The Labute approximate surface area is 89.7 Å². The molecular weight excluding hydrogens is 212 g/mol. The molecule has 2 rings (SSSR count). The summed E-state index contributed by atoms with van der Waals surface area (Å²) in [6.45, 7) is 0. The monoisotopic (exact) mass is 226 g/mol. The zero-order valence-electron chi connectivity index (χ0n) is 8.60. The van der Waals surface area contributed by atoms with Crippen LogP contribution in [0.25, 0.3) is 0 Å². The van der Waals surface area contributed by atoms with Crippen LogP contribution in [0.3, 0.4) is 0 Å². The van der Waals surface area contributed by atoms with Gasteiger partial charge < -0.3 is 5.11 Å². The second kappa shape index (κ2) is 3.23. The lowest BCUT2D eigenvalue weighted by Crippen LogP contribution is -2.19. The molecule has 1 N–H and O–H groups in total. The van der Waals surface area contributed by atoms with E-state index in [1.807, 2.05) is 6.07 Å². The number of sulfone groups is 1. The first kappa shape index (κ1) is 10.5. The van der Waals surface area contributed by atoms with Crippen molar-refractivity contribution < 1.29 is 13.5 Å². The summed E-state index contributed by atoms with van der Waals surface area (Å²) < 4.78 is 22.6. The van der Waals surface area contributed by atoms with Gasteiger partial charge in [0.25, 0.3) is 0 Å². The van der Waals surface area contributed by atoms with E-state index in [9.17, 15) is 13.5 Å². The quantitative estimate of drug-likeness (QED) is 0.849. The Bertz CT molecular complexity index is 472. The number of benzene rings is 1. The molecule has 82 valence electrons. The van der Waals surface area contributed by atoms with Crippen molar-refractivity contribution in [3.63, 3.8) is 0 Å². The Hall–Kier alpha value is -1.03. The van der Waals surface area contributed by atoms with Crippen molar-refractivity contribution in [1.82, 2.24) is 0 Å². The van der Waals surface area contributed by atoms with E-state index in [0.29, 0.717) is 0 Å².